The molecule has 0 aromatic heterocycles. The maximum atomic E-state index is 12.5. The minimum atomic E-state index is 0.0991. The normalized spacial score (nSPS) is 17.7. The van der Waals surface area contributed by atoms with Crippen LogP contribution in [-0.2, 0) is 16.0 Å². The zero-order valence-electron chi connectivity index (χ0n) is 17.1. The van der Waals surface area contributed by atoms with Crippen LogP contribution in [0.15, 0.2) is 30.3 Å². The Morgan fingerprint density at radius 1 is 1.22 bits per heavy atom. The fraction of sp³-hybridized carbons (Fsp3) is 0.652. The second-order valence-corrected chi connectivity index (χ2v) is 7.91. The molecule has 2 unspecified atom stereocenters. The third kappa shape index (κ3) is 7.74. The topological polar surface area (TPSA) is 49.4 Å². The summed E-state index contributed by atoms with van der Waals surface area (Å²) in [6, 6.07) is 10.4. The number of likely N-dealkylation sites (tertiary alicyclic amines) is 1. The molecule has 1 saturated heterocycles. The Balaban J connectivity index is 1.64. The first-order chi connectivity index (χ1) is 13.1. The number of nitrogens with zero attached hydrogens (tertiary/aromatic N) is 1. The molecule has 0 saturated carbocycles. The van der Waals surface area contributed by atoms with E-state index in [0.717, 1.165) is 45.1 Å². The van der Waals surface area contributed by atoms with Crippen LogP contribution in [0.3, 0.4) is 0 Å². The molecule has 1 fully saturated rings. The quantitative estimate of drug-likeness (QED) is 0.628. The molecule has 0 bridgehead atoms. The van der Waals surface area contributed by atoms with Gasteiger partial charge in [-0.25, -0.2) is 0 Å². The highest BCUT2D eigenvalue weighted by atomic mass is 16.2. The SMILES string of the molecule is CCC(C)CCCC(=O)N1CCCC1CCC(=O)NCCc1ccccc1. The highest BCUT2D eigenvalue weighted by Crippen LogP contribution is 2.23. The standard InChI is InChI=1S/C23H36N2O2/c1-3-19(2)9-7-13-23(27)25-18-8-12-21(25)14-15-22(26)24-17-16-20-10-5-4-6-11-20/h4-6,10-11,19,21H,3,7-9,12-18H2,1-2H3,(H,24,26). The van der Waals surface area contributed by atoms with Gasteiger partial charge in [-0.2, -0.15) is 0 Å². The summed E-state index contributed by atoms with van der Waals surface area (Å²) >= 11 is 0. The maximum Gasteiger partial charge on any atom is 0.222 e. The summed E-state index contributed by atoms with van der Waals surface area (Å²) in [5.74, 6) is 1.08. The van der Waals surface area contributed by atoms with Gasteiger partial charge in [0, 0.05) is 32.0 Å². The third-order valence-corrected chi connectivity index (χ3v) is 5.77. The number of carbonyl (C=O) groups excluding carboxylic acids is 2. The lowest BCUT2D eigenvalue weighted by atomic mass is 10.0. The van der Waals surface area contributed by atoms with E-state index in [9.17, 15) is 9.59 Å². The van der Waals surface area contributed by atoms with E-state index in [0.29, 0.717) is 25.3 Å². The first-order valence-corrected chi connectivity index (χ1v) is 10.7. The summed E-state index contributed by atoms with van der Waals surface area (Å²) in [6.45, 7) is 5.99. The van der Waals surface area contributed by atoms with Crippen LogP contribution in [0.1, 0.15) is 70.8 Å². The van der Waals surface area contributed by atoms with Gasteiger partial charge in [0.2, 0.25) is 11.8 Å². The molecular formula is C23H36N2O2. The summed E-state index contributed by atoms with van der Waals surface area (Å²) < 4.78 is 0. The smallest absolute Gasteiger partial charge is 0.222 e. The van der Waals surface area contributed by atoms with Gasteiger partial charge < -0.3 is 10.2 Å². The van der Waals surface area contributed by atoms with E-state index in [2.05, 4.69) is 31.3 Å². The van der Waals surface area contributed by atoms with E-state index in [1.54, 1.807) is 0 Å². The van der Waals surface area contributed by atoms with Crippen molar-refractivity contribution in [3.63, 3.8) is 0 Å². The lowest BCUT2D eigenvalue weighted by Gasteiger charge is -2.25. The Morgan fingerprint density at radius 3 is 2.74 bits per heavy atom. The Kier molecular flexibility index (Phi) is 9.37. The molecule has 2 atom stereocenters. The van der Waals surface area contributed by atoms with Crippen LogP contribution in [0.5, 0.6) is 0 Å². The zero-order chi connectivity index (χ0) is 19.5. The van der Waals surface area contributed by atoms with Crippen LogP contribution in [0.4, 0.5) is 0 Å². The fourth-order valence-electron chi connectivity index (χ4n) is 3.79. The highest BCUT2D eigenvalue weighted by Gasteiger charge is 2.28. The maximum absolute atomic E-state index is 12.5. The van der Waals surface area contributed by atoms with Crippen molar-refractivity contribution in [2.45, 2.75) is 77.7 Å². The molecule has 0 aliphatic carbocycles. The molecule has 1 aliphatic heterocycles. The molecule has 1 aromatic rings. The molecule has 1 aromatic carbocycles. The van der Waals surface area contributed by atoms with Gasteiger partial charge in [-0.3, -0.25) is 9.59 Å². The Bertz CT molecular complexity index is 573. The van der Waals surface area contributed by atoms with Crippen molar-refractivity contribution in [2.75, 3.05) is 13.1 Å². The van der Waals surface area contributed by atoms with E-state index in [-0.39, 0.29) is 17.9 Å². The number of hydrogen-bond donors (Lipinski definition) is 1. The van der Waals surface area contributed by atoms with Crippen LogP contribution < -0.4 is 5.32 Å². The predicted molar refractivity (Wildman–Crippen MR) is 110 cm³/mol. The van der Waals surface area contributed by atoms with Crippen LogP contribution in [-0.4, -0.2) is 35.8 Å². The van der Waals surface area contributed by atoms with E-state index in [4.69, 9.17) is 0 Å². The number of amides is 2. The van der Waals surface area contributed by atoms with Crippen molar-refractivity contribution < 1.29 is 9.59 Å². The first-order valence-electron chi connectivity index (χ1n) is 10.7. The molecule has 27 heavy (non-hydrogen) atoms. The Hall–Kier alpha value is -1.84. The number of hydrogen-bond acceptors (Lipinski definition) is 2. The average molecular weight is 373 g/mol. The molecule has 0 radical (unpaired) electrons. The van der Waals surface area contributed by atoms with E-state index < -0.39 is 0 Å². The molecule has 1 N–H and O–H groups in total. The number of rotatable bonds is 11. The second-order valence-electron chi connectivity index (χ2n) is 7.91. The van der Waals surface area contributed by atoms with E-state index in [1.165, 1.54) is 12.0 Å². The average Bonchev–Trinajstić information content (AvgIpc) is 3.15. The van der Waals surface area contributed by atoms with Crippen LogP contribution in [0.25, 0.3) is 0 Å². The van der Waals surface area contributed by atoms with Crippen LogP contribution >= 0.6 is 0 Å². The van der Waals surface area contributed by atoms with Gasteiger partial charge in [-0.05, 0) is 43.6 Å². The molecule has 0 spiro atoms. The number of benzene rings is 1. The van der Waals surface area contributed by atoms with Crippen LogP contribution in [0, 0.1) is 5.92 Å². The minimum absolute atomic E-state index is 0.0991. The zero-order valence-corrected chi connectivity index (χ0v) is 17.1. The largest absolute Gasteiger partial charge is 0.356 e. The number of nitrogens with one attached hydrogen (secondary N) is 1. The highest BCUT2D eigenvalue weighted by molar-refractivity contribution is 5.77. The Labute approximate surface area is 164 Å². The van der Waals surface area contributed by atoms with Gasteiger partial charge in [-0.1, -0.05) is 57.0 Å². The Morgan fingerprint density at radius 2 is 2.00 bits per heavy atom. The summed E-state index contributed by atoms with van der Waals surface area (Å²) in [4.78, 5) is 26.7. The summed E-state index contributed by atoms with van der Waals surface area (Å²) in [5, 5.41) is 3.01. The second kappa shape index (κ2) is 11.8. The molecule has 1 aliphatic rings. The monoisotopic (exact) mass is 372 g/mol. The van der Waals surface area contributed by atoms with Crippen molar-refractivity contribution in [1.82, 2.24) is 10.2 Å². The molecule has 2 rings (SSSR count). The summed E-state index contributed by atoms with van der Waals surface area (Å²) in [6.07, 6.45) is 8.21. The van der Waals surface area contributed by atoms with Gasteiger partial charge in [0.1, 0.15) is 0 Å². The van der Waals surface area contributed by atoms with Gasteiger partial charge in [0.25, 0.3) is 0 Å². The first kappa shape index (κ1) is 21.5. The van der Waals surface area contributed by atoms with Crippen molar-refractivity contribution in [1.29, 1.82) is 0 Å². The molecule has 4 nitrogen and oxygen atoms in total. The number of carbonyl (C=O) groups is 2. The van der Waals surface area contributed by atoms with E-state index in [1.807, 2.05) is 23.1 Å². The molecule has 4 heteroatoms. The fourth-order valence-corrected chi connectivity index (χ4v) is 3.79. The van der Waals surface area contributed by atoms with Gasteiger partial charge in [0.05, 0.1) is 0 Å². The lowest BCUT2D eigenvalue weighted by molar-refractivity contribution is -0.133. The van der Waals surface area contributed by atoms with Crippen molar-refractivity contribution >= 4 is 11.8 Å². The van der Waals surface area contributed by atoms with Crippen molar-refractivity contribution in [2.24, 2.45) is 5.92 Å². The lowest BCUT2D eigenvalue weighted by Crippen LogP contribution is -2.36. The molecular weight excluding hydrogens is 336 g/mol. The van der Waals surface area contributed by atoms with Gasteiger partial charge >= 0.3 is 0 Å². The molecule has 150 valence electrons. The van der Waals surface area contributed by atoms with Gasteiger partial charge in [-0.15, -0.1) is 0 Å². The summed E-state index contributed by atoms with van der Waals surface area (Å²) in [5.41, 5.74) is 1.24. The third-order valence-electron chi connectivity index (χ3n) is 5.77. The van der Waals surface area contributed by atoms with E-state index >= 15 is 0 Å². The van der Waals surface area contributed by atoms with Gasteiger partial charge in [0.15, 0.2) is 0 Å². The summed E-state index contributed by atoms with van der Waals surface area (Å²) in [7, 11) is 0. The molecule has 1 heterocycles. The van der Waals surface area contributed by atoms with Crippen molar-refractivity contribution in [3.05, 3.63) is 35.9 Å². The molecule has 2 amide bonds. The van der Waals surface area contributed by atoms with Crippen molar-refractivity contribution in [3.8, 4) is 0 Å². The predicted octanol–water partition coefficient (Wildman–Crippen LogP) is 4.33. The van der Waals surface area contributed by atoms with Crippen LogP contribution in [0.2, 0.25) is 0 Å². The minimum Gasteiger partial charge on any atom is -0.356 e.